The van der Waals surface area contributed by atoms with Gasteiger partial charge in [0.25, 0.3) is 0 Å². The molecule has 1 rings (SSSR count). The second kappa shape index (κ2) is 6.76. The molecule has 0 heterocycles. The highest BCUT2D eigenvalue weighted by Gasteiger charge is 2.52. The summed E-state index contributed by atoms with van der Waals surface area (Å²) in [5, 5.41) is 3.08. The predicted octanol–water partition coefficient (Wildman–Crippen LogP) is 1.80. The van der Waals surface area contributed by atoms with Crippen LogP contribution in [0.15, 0.2) is 0 Å². The number of hydrogen-bond donors (Lipinski definition) is 1. The summed E-state index contributed by atoms with van der Waals surface area (Å²) < 4.78 is 42.6. The SMILES string of the molecule is CCNC(CN(CC)CC(F)(F)F)(C(=O)OC)C1CC1. The maximum Gasteiger partial charge on any atom is 0.401 e. The van der Waals surface area contributed by atoms with Crippen molar-refractivity contribution >= 4 is 5.97 Å². The molecule has 1 aliphatic carbocycles. The molecule has 1 atom stereocenters. The Hall–Kier alpha value is -0.820. The van der Waals surface area contributed by atoms with Crippen molar-refractivity contribution in [1.29, 1.82) is 0 Å². The lowest BCUT2D eigenvalue weighted by Crippen LogP contribution is -2.61. The number of nitrogens with one attached hydrogen (secondary N) is 1. The molecule has 1 N–H and O–H groups in total. The van der Waals surface area contributed by atoms with Crippen molar-refractivity contribution in [2.45, 2.75) is 38.4 Å². The summed E-state index contributed by atoms with van der Waals surface area (Å²) in [5.74, 6) is -0.417. The summed E-state index contributed by atoms with van der Waals surface area (Å²) in [7, 11) is 1.27. The molecule has 0 spiro atoms. The number of halogens is 3. The highest BCUT2D eigenvalue weighted by Crippen LogP contribution is 2.41. The summed E-state index contributed by atoms with van der Waals surface area (Å²) in [6.45, 7) is 3.24. The fourth-order valence-corrected chi connectivity index (χ4v) is 2.59. The van der Waals surface area contributed by atoms with Gasteiger partial charge >= 0.3 is 12.1 Å². The number of ether oxygens (including phenoxy) is 1. The van der Waals surface area contributed by atoms with E-state index in [1.54, 1.807) is 6.92 Å². The molecule has 0 bridgehead atoms. The third-order valence-electron chi connectivity index (χ3n) is 3.64. The third-order valence-corrected chi connectivity index (χ3v) is 3.64. The van der Waals surface area contributed by atoms with Crippen molar-refractivity contribution in [2.24, 2.45) is 5.92 Å². The van der Waals surface area contributed by atoms with Gasteiger partial charge in [0.15, 0.2) is 0 Å². The van der Waals surface area contributed by atoms with Crippen molar-refractivity contribution in [3.05, 3.63) is 0 Å². The Balaban J connectivity index is 2.89. The van der Waals surface area contributed by atoms with Crippen molar-refractivity contribution in [1.82, 2.24) is 10.2 Å². The highest BCUT2D eigenvalue weighted by atomic mass is 19.4. The van der Waals surface area contributed by atoms with Crippen LogP contribution in [0.3, 0.4) is 0 Å². The standard InChI is InChI=1S/C13H23F3N2O2/c1-4-17-12(10-6-7-10,11(19)20-3)8-18(5-2)9-13(14,15)16/h10,17H,4-9H2,1-3H3. The molecule has 4 nitrogen and oxygen atoms in total. The van der Waals surface area contributed by atoms with Gasteiger partial charge in [0.2, 0.25) is 0 Å². The first-order valence-electron chi connectivity index (χ1n) is 6.91. The number of hydrogen-bond acceptors (Lipinski definition) is 4. The van der Waals surface area contributed by atoms with Crippen LogP contribution in [0.1, 0.15) is 26.7 Å². The smallest absolute Gasteiger partial charge is 0.401 e. The molecule has 0 aromatic rings. The molecule has 1 fully saturated rings. The molecule has 0 aromatic heterocycles. The average Bonchev–Trinajstić information content (AvgIpc) is 3.19. The molecular formula is C13H23F3N2O2. The minimum Gasteiger partial charge on any atom is -0.468 e. The van der Waals surface area contributed by atoms with Gasteiger partial charge in [0.1, 0.15) is 5.54 Å². The maximum atomic E-state index is 12.6. The second-order valence-corrected chi connectivity index (χ2v) is 5.19. The lowest BCUT2D eigenvalue weighted by Gasteiger charge is -2.37. The van der Waals surface area contributed by atoms with E-state index in [1.807, 2.05) is 6.92 Å². The molecule has 1 unspecified atom stereocenters. The van der Waals surface area contributed by atoms with Gasteiger partial charge in [0.05, 0.1) is 13.7 Å². The Morgan fingerprint density at radius 1 is 1.30 bits per heavy atom. The van der Waals surface area contributed by atoms with E-state index in [9.17, 15) is 18.0 Å². The Kier molecular flexibility index (Phi) is 5.82. The van der Waals surface area contributed by atoms with Gasteiger partial charge in [-0.15, -0.1) is 0 Å². The number of likely N-dealkylation sites (N-methyl/N-ethyl adjacent to an activating group) is 2. The molecule has 0 saturated heterocycles. The van der Waals surface area contributed by atoms with Crippen LogP contribution in [0, 0.1) is 5.92 Å². The minimum atomic E-state index is -4.27. The quantitative estimate of drug-likeness (QED) is 0.694. The number of alkyl halides is 3. The Labute approximate surface area is 117 Å². The van der Waals surface area contributed by atoms with E-state index in [1.165, 1.54) is 12.0 Å². The first-order chi connectivity index (χ1) is 9.29. The molecule has 1 aliphatic rings. The predicted molar refractivity (Wildman–Crippen MR) is 69.3 cm³/mol. The zero-order chi connectivity index (χ0) is 15.4. The monoisotopic (exact) mass is 296 g/mol. The van der Waals surface area contributed by atoms with Crippen LogP contribution in [-0.2, 0) is 9.53 Å². The van der Waals surface area contributed by atoms with Crippen LogP contribution in [0.25, 0.3) is 0 Å². The number of carbonyl (C=O) groups is 1. The number of methoxy groups -OCH3 is 1. The second-order valence-electron chi connectivity index (χ2n) is 5.19. The van der Waals surface area contributed by atoms with Gasteiger partial charge in [0, 0.05) is 6.54 Å². The average molecular weight is 296 g/mol. The lowest BCUT2D eigenvalue weighted by atomic mass is 9.92. The molecule has 1 saturated carbocycles. The van der Waals surface area contributed by atoms with E-state index in [4.69, 9.17) is 4.74 Å². The summed E-state index contributed by atoms with van der Waals surface area (Å²) >= 11 is 0. The van der Waals surface area contributed by atoms with Gasteiger partial charge in [-0.2, -0.15) is 13.2 Å². The Morgan fingerprint density at radius 3 is 2.25 bits per heavy atom. The molecule has 0 aromatic carbocycles. The van der Waals surface area contributed by atoms with E-state index in [0.29, 0.717) is 6.54 Å². The van der Waals surface area contributed by atoms with Gasteiger partial charge in [-0.25, -0.2) is 4.79 Å². The highest BCUT2D eigenvalue weighted by molar-refractivity contribution is 5.82. The Morgan fingerprint density at radius 2 is 1.90 bits per heavy atom. The van der Waals surface area contributed by atoms with Crippen molar-refractivity contribution < 1.29 is 22.7 Å². The molecular weight excluding hydrogens is 273 g/mol. The lowest BCUT2D eigenvalue weighted by molar-refractivity contribution is -0.159. The fourth-order valence-electron chi connectivity index (χ4n) is 2.59. The topological polar surface area (TPSA) is 41.6 Å². The third kappa shape index (κ3) is 4.34. The summed E-state index contributed by atoms with van der Waals surface area (Å²) in [6.07, 6.45) is -2.59. The molecule has 20 heavy (non-hydrogen) atoms. The molecule has 0 radical (unpaired) electrons. The van der Waals surface area contributed by atoms with Gasteiger partial charge < -0.3 is 10.1 Å². The summed E-state index contributed by atoms with van der Waals surface area (Å²) in [6, 6.07) is 0. The first kappa shape index (κ1) is 17.2. The van der Waals surface area contributed by atoms with Gasteiger partial charge in [-0.1, -0.05) is 13.8 Å². The zero-order valence-corrected chi connectivity index (χ0v) is 12.2. The van der Waals surface area contributed by atoms with Crippen LogP contribution in [0.5, 0.6) is 0 Å². The van der Waals surface area contributed by atoms with E-state index in [0.717, 1.165) is 12.8 Å². The van der Waals surface area contributed by atoms with Crippen LogP contribution in [0.2, 0.25) is 0 Å². The van der Waals surface area contributed by atoms with Crippen molar-refractivity contribution in [3.63, 3.8) is 0 Å². The maximum absolute atomic E-state index is 12.6. The zero-order valence-electron chi connectivity index (χ0n) is 12.2. The van der Waals surface area contributed by atoms with Crippen LogP contribution < -0.4 is 5.32 Å². The number of rotatable bonds is 8. The molecule has 0 amide bonds. The number of nitrogens with zero attached hydrogens (tertiary/aromatic N) is 1. The minimum absolute atomic E-state index is 0.0220. The summed E-state index contributed by atoms with van der Waals surface area (Å²) in [5.41, 5.74) is -1.02. The molecule has 118 valence electrons. The van der Waals surface area contributed by atoms with Crippen molar-refractivity contribution in [3.8, 4) is 0 Å². The van der Waals surface area contributed by atoms with E-state index in [2.05, 4.69) is 5.32 Å². The molecule has 7 heteroatoms. The van der Waals surface area contributed by atoms with Crippen molar-refractivity contribution in [2.75, 3.05) is 33.3 Å². The first-order valence-corrected chi connectivity index (χ1v) is 6.91. The fraction of sp³-hybridized carbons (Fsp3) is 0.923. The summed E-state index contributed by atoms with van der Waals surface area (Å²) in [4.78, 5) is 13.4. The van der Waals surface area contributed by atoms with Gasteiger partial charge in [-0.3, -0.25) is 4.90 Å². The van der Waals surface area contributed by atoms with E-state index in [-0.39, 0.29) is 19.0 Å². The number of esters is 1. The largest absolute Gasteiger partial charge is 0.468 e. The number of carbonyl (C=O) groups excluding carboxylic acids is 1. The van der Waals surface area contributed by atoms with Crippen LogP contribution >= 0.6 is 0 Å². The normalized spacial score (nSPS) is 18.9. The van der Waals surface area contributed by atoms with E-state index < -0.39 is 24.2 Å². The molecule has 0 aliphatic heterocycles. The van der Waals surface area contributed by atoms with Gasteiger partial charge in [-0.05, 0) is 31.8 Å². The van der Waals surface area contributed by atoms with E-state index >= 15 is 0 Å². The van der Waals surface area contributed by atoms with Crippen LogP contribution in [-0.4, -0.2) is 55.9 Å². The van der Waals surface area contributed by atoms with Crippen LogP contribution in [0.4, 0.5) is 13.2 Å². The Bertz CT molecular complexity index is 332.